The van der Waals surface area contributed by atoms with Crippen molar-refractivity contribution < 1.29 is 9.59 Å². The number of nitrogens with two attached hydrogens (primary N) is 2. The van der Waals surface area contributed by atoms with Gasteiger partial charge in [-0.15, -0.1) is 0 Å². The molecule has 0 fully saturated rings. The summed E-state index contributed by atoms with van der Waals surface area (Å²) in [5.74, 6) is -2.20. The minimum Gasteiger partial charge on any atom is -0.361 e. The molecule has 0 aromatic carbocycles. The zero-order valence-electron chi connectivity index (χ0n) is 5.65. The van der Waals surface area contributed by atoms with Crippen molar-refractivity contribution in [2.45, 2.75) is 0 Å². The maximum Gasteiger partial charge on any atom is 0.306 e. The first kappa shape index (κ1) is 9.15. The summed E-state index contributed by atoms with van der Waals surface area (Å²) in [6.45, 7) is 0. The predicted octanol–water partition coefficient (Wildman–Crippen LogP) is -1.63. The molecule has 0 atom stereocenters. The van der Waals surface area contributed by atoms with Gasteiger partial charge in [0.05, 0.1) is 0 Å². The lowest BCUT2D eigenvalue weighted by atomic mass is 10.6. The fourth-order valence-electron chi connectivity index (χ4n) is 0.215. The van der Waals surface area contributed by atoms with Gasteiger partial charge in [0, 0.05) is 12.4 Å². The van der Waals surface area contributed by atoms with Crippen LogP contribution in [0.3, 0.4) is 0 Å². The second-order valence-electron chi connectivity index (χ2n) is 1.49. The largest absolute Gasteiger partial charge is 0.361 e. The van der Waals surface area contributed by atoms with E-state index in [4.69, 9.17) is 0 Å². The van der Waals surface area contributed by atoms with Crippen molar-refractivity contribution in [1.29, 1.82) is 0 Å². The fourth-order valence-corrected chi connectivity index (χ4v) is 0.215. The number of hydrogen-bond donors (Lipinski definition) is 3. The van der Waals surface area contributed by atoms with Gasteiger partial charge in [-0.1, -0.05) is 0 Å². The molecule has 6 heteroatoms. The van der Waals surface area contributed by atoms with E-state index in [2.05, 4.69) is 21.7 Å². The summed E-state index contributed by atoms with van der Waals surface area (Å²) in [6.07, 6.45) is 3.46. The monoisotopic (exact) mass is 156 g/mol. The Labute approximate surface area is 62.6 Å². The Morgan fingerprint density at radius 1 is 1.27 bits per heavy atom. The standard InChI is InChI=1S/C3H4N2.C2H4N2O2/c1-2-4-5-3-1;3-1(5)2(4)6/h1-3H,(H,4,5);(H2,3,5)(H2,4,6). The Hall–Kier alpha value is -1.85. The highest BCUT2D eigenvalue weighted by Gasteiger charge is 1.96. The van der Waals surface area contributed by atoms with Crippen molar-refractivity contribution in [2.75, 3.05) is 0 Å². The van der Waals surface area contributed by atoms with E-state index in [9.17, 15) is 9.59 Å². The predicted molar refractivity (Wildman–Crippen MR) is 37.0 cm³/mol. The van der Waals surface area contributed by atoms with Crippen molar-refractivity contribution in [1.82, 2.24) is 10.2 Å². The van der Waals surface area contributed by atoms with E-state index in [1.54, 1.807) is 12.4 Å². The molecule has 1 aromatic heterocycles. The Bertz CT molecular complexity index is 189. The second kappa shape index (κ2) is 4.98. The van der Waals surface area contributed by atoms with E-state index in [-0.39, 0.29) is 0 Å². The van der Waals surface area contributed by atoms with Gasteiger partial charge < -0.3 is 11.5 Å². The van der Waals surface area contributed by atoms with E-state index in [0.29, 0.717) is 0 Å². The molecule has 0 saturated carbocycles. The summed E-state index contributed by atoms with van der Waals surface area (Å²) in [4.78, 5) is 18.9. The van der Waals surface area contributed by atoms with E-state index < -0.39 is 11.8 Å². The smallest absolute Gasteiger partial charge is 0.306 e. The number of H-pyrrole nitrogens is 1. The first-order chi connectivity index (χ1) is 5.14. The van der Waals surface area contributed by atoms with Gasteiger partial charge in [0.25, 0.3) is 0 Å². The fraction of sp³-hybridized carbons (Fsp3) is 0. The first-order valence-electron chi connectivity index (χ1n) is 2.67. The zero-order valence-corrected chi connectivity index (χ0v) is 5.65. The molecule has 0 aliphatic rings. The summed E-state index contributed by atoms with van der Waals surface area (Å²) in [7, 11) is 0. The van der Waals surface area contributed by atoms with Crippen LogP contribution in [0, 0.1) is 0 Å². The molecule has 0 radical (unpaired) electrons. The van der Waals surface area contributed by atoms with Crippen LogP contribution in [0.2, 0.25) is 0 Å². The van der Waals surface area contributed by atoms with Gasteiger partial charge >= 0.3 is 11.8 Å². The quantitative estimate of drug-likeness (QED) is 0.391. The normalized spacial score (nSPS) is 7.64. The maximum atomic E-state index is 9.45. The zero-order chi connectivity index (χ0) is 8.69. The van der Waals surface area contributed by atoms with Gasteiger partial charge in [0.1, 0.15) is 0 Å². The molecule has 5 N–H and O–H groups in total. The number of rotatable bonds is 0. The molecular formula is C5H8N4O2. The Kier molecular flexibility index (Phi) is 4.14. The van der Waals surface area contributed by atoms with Gasteiger partial charge in [-0.25, -0.2) is 0 Å². The summed E-state index contributed by atoms with van der Waals surface area (Å²) in [5.41, 5.74) is 8.64. The third kappa shape index (κ3) is 6.03. The van der Waals surface area contributed by atoms with Crippen LogP contribution in [0.5, 0.6) is 0 Å². The third-order valence-electron chi connectivity index (χ3n) is 0.649. The van der Waals surface area contributed by atoms with Crippen molar-refractivity contribution in [2.24, 2.45) is 11.5 Å². The number of aromatic amines is 1. The van der Waals surface area contributed by atoms with Crippen molar-refractivity contribution >= 4 is 11.8 Å². The summed E-state index contributed by atoms with van der Waals surface area (Å²) >= 11 is 0. The molecule has 1 rings (SSSR count). The number of nitrogens with one attached hydrogen (secondary N) is 1. The molecule has 1 heterocycles. The highest BCUT2D eigenvalue weighted by atomic mass is 16.2. The molecular weight excluding hydrogens is 148 g/mol. The van der Waals surface area contributed by atoms with Crippen LogP contribution in [-0.4, -0.2) is 22.0 Å². The van der Waals surface area contributed by atoms with E-state index >= 15 is 0 Å². The van der Waals surface area contributed by atoms with E-state index in [1.807, 2.05) is 6.07 Å². The highest BCUT2D eigenvalue weighted by Crippen LogP contribution is 1.64. The number of carbonyl (C=O) groups excluding carboxylic acids is 2. The third-order valence-corrected chi connectivity index (χ3v) is 0.649. The molecule has 0 spiro atoms. The van der Waals surface area contributed by atoms with Crippen molar-refractivity contribution in [3.05, 3.63) is 18.5 Å². The molecule has 11 heavy (non-hydrogen) atoms. The molecule has 60 valence electrons. The van der Waals surface area contributed by atoms with Crippen LogP contribution < -0.4 is 11.5 Å². The van der Waals surface area contributed by atoms with Gasteiger partial charge in [0.15, 0.2) is 0 Å². The van der Waals surface area contributed by atoms with Gasteiger partial charge in [-0.3, -0.25) is 14.7 Å². The Morgan fingerprint density at radius 3 is 1.91 bits per heavy atom. The molecule has 0 bridgehead atoms. The molecule has 0 unspecified atom stereocenters. The Morgan fingerprint density at radius 2 is 1.82 bits per heavy atom. The average Bonchev–Trinajstić information content (AvgIpc) is 2.41. The number of amides is 2. The molecule has 0 aliphatic heterocycles. The molecule has 0 saturated heterocycles. The lowest BCUT2D eigenvalue weighted by molar-refractivity contribution is -0.135. The van der Waals surface area contributed by atoms with E-state index in [1.165, 1.54) is 0 Å². The van der Waals surface area contributed by atoms with Gasteiger partial charge in [0.2, 0.25) is 0 Å². The van der Waals surface area contributed by atoms with Gasteiger partial charge in [-0.05, 0) is 6.07 Å². The summed E-state index contributed by atoms with van der Waals surface area (Å²) < 4.78 is 0. The average molecular weight is 156 g/mol. The van der Waals surface area contributed by atoms with Crippen LogP contribution in [0.1, 0.15) is 0 Å². The van der Waals surface area contributed by atoms with Gasteiger partial charge in [-0.2, -0.15) is 5.10 Å². The van der Waals surface area contributed by atoms with Crippen LogP contribution in [-0.2, 0) is 9.59 Å². The second-order valence-corrected chi connectivity index (χ2v) is 1.49. The minimum atomic E-state index is -1.10. The number of hydrogen-bond acceptors (Lipinski definition) is 3. The van der Waals surface area contributed by atoms with Crippen molar-refractivity contribution in [3.8, 4) is 0 Å². The van der Waals surface area contributed by atoms with Crippen LogP contribution >= 0.6 is 0 Å². The number of primary amides is 2. The SMILES string of the molecule is NC(=O)C(N)=O.c1cn[nH]c1. The number of carbonyl (C=O) groups is 2. The molecule has 1 aromatic rings. The highest BCUT2D eigenvalue weighted by molar-refractivity contribution is 6.33. The summed E-state index contributed by atoms with van der Waals surface area (Å²) in [6, 6.07) is 1.83. The lowest BCUT2D eigenvalue weighted by Crippen LogP contribution is -2.29. The van der Waals surface area contributed by atoms with E-state index in [0.717, 1.165) is 0 Å². The van der Waals surface area contributed by atoms with Crippen molar-refractivity contribution in [3.63, 3.8) is 0 Å². The van der Waals surface area contributed by atoms with Crippen LogP contribution in [0.4, 0.5) is 0 Å². The molecule has 2 amide bonds. The number of nitrogens with zero attached hydrogens (tertiary/aromatic N) is 1. The molecule has 6 nitrogen and oxygen atoms in total. The molecule has 0 aliphatic carbocycles. The Balaban J connectivity index is 0.000000183. The summed E-state index contributed by atoms with van der Waals surface area (Å²) in [5, 5.41) is 6.21. The van der Waals surface area contributed by atoms with Crippen LogP contribution in [0.15, 0.2) is 18.5 Å². The maximum absolute atomic E-state index is 9.45. The number of aromatic nitrogens is 2. The first-order valence-corrected chi connectivity index (χ1v) is 2.67. The minimum absolute atomic E-state index is 1.10. The van der Waals surface area contributed by atoms with Crippen LogP contribution in [0.25, 0.3) is 0 Å². The topological polar surface area (TPSA) is 115 Å². The lowest BCUT2D eigenvalue weighted by Gasteiger charge is -1.75.